The highest BCUT2D eigenvalue weighted by Gasteiger charge is 2.58. The summed E-state index contributed by atoms with van der Waals surface area (Å²) in [6.45, 7) is 5.77. The van der Waals surface area contributed by atoms with Crippen LogP contribution in [0.2, 0.25) is 0 Å². The van der Waals surface area contributed by atoms with Crippen LogP contribution in [0.5, 0.6) is 0 Å². The quantitative estimate of drug-likeness (QED) is 0.650. The minimum atomic E-state index is -0.833. The van der Waals surface area contributed by atoms with Crippen molar-refractivity contribution in [1.29, 1.82) is 0 Å². The molecule has 0 saturated heterocycles. The van der Waals surface area contributed by atoms with Crippen LogP contribution in [-0.2, 0) is 9.59 Å². The molecule has 0 aromatic heterocycles. The molecule has 0 aromatic rings. The molecule has 3 fully saturated rings. The van der Waals surface area contributed by atoms with Gasteiger partial charge in [0.2, 0.25) is 0 Å². The first-order valence-electron chi connectivity index (χ1n) is 9.79. The Kier molecular flexibility index (Phi) is 4.87. The van der Waals surface area contributed by atoms with Gasteiger partial charge in [-0.2, -0.15) is 0 Å². The van der Waals surface area contributed by atoms with E-state index in [0.717, 1.165) is 57.8 Å². The van der Waals surface area contributed by atoms with Gasteiger partial charge in [0.15, 0.2) is 0 Å². The van der Waals surface area contributed by atoms with Gasteiger partial charge in [0, 0.05) is 18.8 Å². The van der Waals surface area contributed by atoms with Crippen molar-refractivity contribution in [2.75, 3.05) is 0 Å². The Morgan fingerprint density at radius 3 is 2.40 bits per heavy atom. The Balaban J connectivity index is 0.000000415. The van der Waals surface area contributed by atoms with Gasteiger partial charge < -0.3 is 10.2 Å². The Morgan fingerprint density at radius 2 is 1.72 bits per heavy atom. The molecule has 4 rings (SSSR count). The fraction of sp³-hybridized carbons (Fsp3) is 0.810. The van der Waals surface area contributed by atoms with Crippen LogP contribution in [-0.4, -0.2) is 28.1 Å². The van der Waals surface area contributed by atoms with Gasteiger partial charge in [0.25, 0.3) is 5.97 Å². The predicted octanol–water partition coefficient (Wildman–Crippen LogP) is 3.97. The van der Waals surface area contributed by atoms with Crippen LogP contribution in [0.1, 0.15) is 72.1 Å². The minimum absolute atomic E-state index is 0.0168. The molecule has 0 amide bonds. The number of allylic oxidation sites excluding steroid dienone is 1. The summed E-state index contributed by atoms with van der Waals surface area (Å²) in [5.74, 6) is 1.77. The number of fused-ring (bicyclic) bond motifs is 5. The van der Waals surface area contributed by atoms with Gasteiger partial charge in [-0.15, -0.1) is 0 Å². The number of carbonyl (C=O) groups excluding carboxylic acids is 1. The molecule has 0 aliphatic heterocycles. The van der Waals surface area contributed by atoms with Crippen molar-refractivity contribution in [1.82, 2.24) is 0 Å². The molecule has 0 heterocycles. The molecule has 2 N–H and O–H groups in total. The van der Waals surface area contributed by atoms with E-state index in [1.54, 1.807) is 0 Å². The zero-order valence-corrected chi connectivity index (χ0v) is 15.8. The summed E-state index contributed by atoms with van der Waals surface area (Å²) in [6.07, 6.45) is 10.7. The van der Waals surface area contributed by atoms with Crippen molar-refractivity contribution in [3.8, 4) is 0 Å². The average molecular weight is 348 g/mol. The molecule has 4 aliphatic rings. The van der Waals surface area contributed by atoms with Gasteiger partial charge in [-0.05, 0) is 68.1 Å². The number of carbonyl (C=O) groups is 2. The fourth-order valence-corrected chi connectivity index (χ4v) is 6.41. The molecule has 0 radical (unpaired) electrons. The zero-order chi connectivity index (χ0) is 18.4. The smallest absolute Gasteiger partial charge is 0.300 e. The van der Waals surface area contributed by atoms with Crippen LogP contribution in [0.4, 0.5) is 0 Å². The number of hydrogen-bond acceptors (Lipinski definition) is 3. The van der Waals surface area contributed by atoms with Crippen molar-refractivity contribution in [3.05, 3.63) is 11.6 Å². The highest BCUT2D eigenvalue weighted by molar-refractivity contribution is 5.87. The van der Waals surface area contributed by atoms with Crippen molar-refractivity contribution >= 4 is 11.8 Å². The van der Waals surface area contributed by atoms with Gasteiger partial charge in [0.1, 0.15) is 5.78 Å². The monoisotopic (exact) mass is 348 g/mol. The first-order valence-corrected chi connectivity index (χ1v) is 9.79. The second-order valence-electron chi connectivity index (χ2n) is 9.09. The number of Topliss-reactive ketones (excluding diaryl/α,β-unsaturated/α-hetero) is 1. The van der Waals surface area contributed by atoms with Crippen LogP contribution in [0.15, 0.2) is 11.6 Å². The lowest BCUT2D eigenvalue weighted by molar-refractivity contribution is -0.134. The molecule has 0 spiro atoms. The molecular weight excluding hydrogens is 316 g/mol. The Labute approximate surface area is 150 Å². The number of aliphatic carboxylic acids is 1. The molecule has 0 unspecified atom stereocenters. The van der Waals surface area contributed by atoms with E-state index in [-0.39, 0.29) is 11.5 Å². The number of ketones is 1. The molecule has 0 bridgehead atoms. The van der Waals surface area contributed by atoms with E-state index in [4.69, 9.17) is 9.90 Å². The second kappa shape index (κ2) is 6.53. The largest absolute Gasteiger partial charge is 0.481 e. The van der Waals surface area contributed by atoms with Crippen molar-refractivity contribution < 1.29 is 19.8 Å². The number of carboxylic acids is 1. The summed E-state index contributed by atoms with van der Waals surface area (Å²) in [7, 11) is 0. The van der Waals surface area contributed by atoms with Crippen LogP contribution >= 0.6 is 0 Å². The molecular formula is C21H32O4. The van der Waals surface area contributed by atoms with Crippen molar-refractivity contribution in [2.24, 2.45) is 28.6 Å². The van der Waals surface area contributed by atoms with Crippen LogP contribution in [0.3, 0.4) is 0 Å². The molecule has 140 valence electrons. The lowest BCUT2D eigenvalue weighted by Gasteiger charge is -2.56. The average Bonchev–Trinajstić information content (AvgIpc) is 2.83. The van der Waals surface area contributed by atoms with Crippen molar-refractivity contribution in [2.45, 2.75) is 78.2 Å². The van der Waals surface area contributed by atoms with E-state index >= 15 is 0 Å². The molecule has 4 aliphatic carbocycles. The summed E-state index contributed by atoms with van der Waals surface area (Å²) in [4.78, 5) is 21.4. The van der Waals surface area contributed by atoms with E-state index < -0.39 is 5.97 Å². The van der Waals surface area contributed by atoms with E-state index in [2.05, 4.69) is 19.9 Å². The molecule has 25 heavy (non-hydrogen) atoms. The van der Waals surface area contributed by atoms with Crippen LogP contribution < -0.4 is 0 Å². The third kappa shape index (κ3) is 3.07. The van der Waals surface area contributed by atoms with Gasteiger partial charge in [-0.25, -0.2) is 0 Å². The maximum atomic E-state index is 12.4. The standard InChI is InChI=1S/C19H28O2.C2H4O2/c1-18-9-7-13(20)11-12(18)3-4-14-15-5-6-17(21)19(15,2)10-8-16(14)18;1-2(3)4/h3,13-16,20H,4-11H2,1-2H3;1H3,(H,3,4)/t13-,14-,15-,16-,18-,19-;/m0./s1. The van der Waals surface area contributed by atoms with E-state index in [9.17, 15) is 9.90 Å². The third-order valence-corrected chi connectivity index (χ3v) is 7.79. The lowest BCUT2D eigenvalue weighted by atomic mass is 9.48. The number of rotatable bonds is 0. The lowest BCUT2D eigenvalue weighted by Crippen LogP contribution is -2.50. The van der Waals surface area contributed by atoms with Gasteiger partial charge in [-0.3, -0.25) is 9.59 Å². The number of hydrogen-bond donors (Lipinski definition) is 2. The summed E-state index contributed by atoms with van der Waals surface area (Å²) in [5, 5.41) is 17.4. The Hall–Kier alpha value is -1.16. The van der Waals surface area contributed by atoms with Gasteiger partial charge in [0.05, 0.1) is 6.10 Å². The SMILES string of the molecule is CC(=O)O.C[C@]12CC[C@H](O)CC1=CC[C@@H]1[C@@H]2CC[C@]2(C)C(=O)CC[C@@H]12. The third-order valence-electron chi connectivity index (χ3n) is 7.79. The van der Waals surface area contributed by atoms with Gasteiger partial charge >= 0.3 is 0 Å². The molecule has 0 aromatic carbocycles. The zero-order valence-electron chi connectivity index (χ0n) is 15.8. The Bertz CT molecular complexity index is 591. The molecule has 6 atom stereocenters. The molecule has 3 saturated carbocycles. The highest BCUT2D eigenvalue weighted by atomic mass is 16.4. The maximum absolute atomic E-state index is 12.4. The highest BCUT2D eigenvalue weighted by Crippen LogP contribution is 2.63. The first-order chi connectivity index (χ1) is 11.7. The van der Waals surface area contributed by atoms with Crippen molar-refractivity contribution in [3.63, 3.8) is 0 Å². The predicted molar refractivity (Wildman–Crippen MR) is 96.0 cm³/mol. The number of aliphatic hydroxyl groups excluding tert-OH is 1. The van der Waals surface area contributed by atoms with E-state index in [0.29, 0.717) is 23.0 Å². The maximum Gasteiger partial charge on any atom is 0.300 e. The molecule has 4 nitrogen and oxygen atoms in total. The number of carboxylic acid groups (broad SMARTS) is 1. The van der Waals surface area contributed by atoms with E-state index in [1.165, 1.54) is 12.0 Å². The number of aliphatic hydroxyl groups is 1. The van der Waals surface area contributed by atoms with Crippen LogP contribution in [0.25, 0.3) is 0 Å². The minimum Gasteiger partial charge on any atom is -0.481 e. The van der Waals surface area contributed by atoms with Crippen LogP contribution in [0, 0.1) is 28.6 Å². The molecule has 4 heteroatoms. The summed E-state index contributed by atoms with van der Waals surface area (Å²) in [6, 6.07) is 0. The fourth-order valence-electron chi connectivity index (χ4n) is 6.41. The summed E-state index contributed by atoms with van der Waals surface area (Å²) >= 11 is 0. The van der Waals surface area contributed by atoms with E-state index in [1.807, 2.05) is 0 Å². The second-order valence-corrected chi connectivity index (χ2v) is 9.09. The van der Waals surface area contributed by atoms with Gasteiger partial charge in [-0.1, -0.05) is 25.5 Å². The topological polar surface area (TPSA) is 74.6 Å². The normalized spacial score (nSPS) is 45.3. The summed E-state index contributed by atoms with van der Waals surface area (Å²) < 4.78 is 0. The summed E-state index contributed by atoms with van der Waals surface area (Å²) in [5.41, 5.74) is 1.81. The first kappa shape index (κ1) is 18.6. The Morgan fingerprint density at radius 1 is 1.12 bits per heavy atom.